The van der Waals surface area contributed by atoms with Crippen LogP contribution in [0.4, 0.5) is 0 Å². The van der Waals surface area contributed by atoms with Crippen LogP contribution in [0.5, 0.6) is 0 Å². The molecule has 0 rings (SSSR count). The summed E-state index contributed by atoms with van der Waals surface area (Å²) >= 11 is 3.55. The second kappa shape index (κ2) is 8.97. The predicted octanol–water partition coefficient (Wildman–Crippen LogP) is 1.32. The van der Waals surface area contributed by atoms with Gasteiger partial charge in [-0.2, -0.15) is 0 Å². The van der Waals surface area contributed by atoms with Gasteiger partial charge in [-0.15, -0.1) is 0 Å². The van der Waals surface area contributed by atoms with Crippen molar-refractivity contribution in [2.75, 3.05) is 0 Å². The molecule has 0 unspecified atom stereocenters. The molecule has 0 aromatic rings. The van der Waals surface area contributed by atoms with Gasteiger partial charge < -0.3 is 0 Å². The van der Waals surface area contributed by atoms with Gasteiger partial charge in [-0.1, -0.05) is 0 Å². The molecule has 0 aromatic carbocycles. The molecule has 0 aromatic heterocycles. The van der Waals surface area contributed by atoms with E-state index in [2.05, 4.69) is 1.40 Å². The van der Waals surface area contributed by atoms with E-state index in [1.807, 2.05) is 0 Å². The third kappa shape index (κ3) is 8.88. The summed E-state index contributed by atoms with van der Waals surface area (Å²) in [6.45, 7) is 0. The fourth-order valence-corrected chi connectivity index (χ4v) is 0. The normalized spacial score (nSPS) is 4.50. The summed E-state index contributed by atoms with van der Waals surface area (Å²) in [5, 5.41) is 0. The van der Waals surface area contributed by atoms with E-state index >= 15 is 0 Å². The molecular weight excluding hydrogens is 389 g/mol. The monoisotopic (exact) mass is 390 g/mol. The van der Waals surface area contributed by atoms with Crippen LogP contribution in [0.25, 0.3) is 0 Å². The first-order valence-electron chi connectivity index (χ1n) is 0.309. The molecule has 0 aliphatic heterocycles. The van der Waals surface area contributed by atoms with E-state index < -0.39 is 0 Å². The maximum atomic E-state index is 4.19. The topological polar surface area (TPSA) is 9.23 Å². The average Bonchev–Trinajstić information content (AvgIpc) is 0.918. The van der Waals surface area contributed by atoms with Crippen molar-refractivity contribution in [2.45, 2.75) is 0 Å². The van der Waals surface area contributed by atoms with Crippen molar-refractivity contribution in [3.8, 4) is 0 Å². The van der Waals surface area contributed by atoms with Crippen LogP contribution in [-0.4, -0.2) is 23.9 Å². The van der Waals surface area contributed by atoms with Crippen molar-refractivity contribution < 1.29 is 1.40 Å². The third-order valence-electron chi connectivity index (χ3n) is 0. The standard InChI is InChI=1S/I2O.Sn/c1-3-2;/q;+4. The molecule has 1 nitrogen and oxygen atoms in total. The summed E-state index contributed by atoms with van der Waals surface area (Å²) < 4.78 is 4.19. The van der Waals surface area contributed by atoms with Crippen LogP contribution in [-0.2, 0) is 1.40 Å². The largest absolute Gasteiger partial charge is 4.00 e. The Kier molecular flexibility index (Phi) is 21.3. The summed E-state index contributed by atoms with van der Waals surface area (Å²) in [5.74, 6) is 0. The van der Waals surface area contributed by atoms with Gasteiger partial charge in [0.15, 0.2) is 0 Å². The Morgan fingerprint density at radius 3 is 1.25 bits per heavy atom. The van der Waals surface area contributed by atoms with Crippen molar-refractivity contribution >= 4 is 69.9 Å². The van der Waals surface area contributed by atoms with Gasteiger partial charge in [-0.05, 0) is 0 Å². The number of hydrogen-bond donors (Lipinski definition) is 0. The molecule has 0 aliphatic carbocycles. The molecule has 0 atom stereocenters. The van der Waals surface area contributed by atoms with Gasteiger partial charge in [-0.3, -0.25) is 0 Å². The summed E-state index contributed by atoms with van der Waals surface area (Å²) in [7, 11) is 0. The van der Waals surface area contributed by atoms with Crippen molar-refractivity contribution in [3.05, 3.63) is 0 Å². The van der Waals surface area contributed by atoms with E-state index in [-0.39, 0.29) is 23.9 Å². The van der Waals surface area contributed by atoms with E-state index in [9.17, 15) is 0 Å². The molecular formula is I2OSn+4. The summed E-state index contributed by atoms with van der Waals surface area (Å²) in [6.07, 6.45) is 0. The third-order valence-corrected chi connectivity index (χ3v) is 0. The zero-order valence-electron chi connectivity index (χ0n) is 1.66. The van der Waals surface area contributed by atoms with Crippen LogP contribution in [0.3, 0.4) is 0 Å². The summed E-state index contributed by atoms with van der Waals surface area (Å²) in [6, 6.07) is 0. The van der Waals surface area contributed by atoms with Crippen LogP contribution >= 0.6 is 46.0 Å². The first-order chi connectivity index (χ1) is 1.41. The quantitative estimate of drug-likeness (QED) is 0.449. The van der Waals surface area contributed by atoms with Crippen molar-refractivity contribution in [1.82, 2.24) is 0 Å². The minimum atomic E-state index is 0. The van der Waals surface area contributed by atoms with Gasteiger partial charge >= 0.3 is 23.9 Å². The zero-order chi connectivity index (χ0) is 2.71. The Labute approximate surface area is 70.2 Å². The molecule has 0 fully saturated rings. The molecule has 0 aliphatic rings. The van der Waals surface area contributed by atoms with Gasteiger partial charge in [0.25, 0.3) is 0 Å². The van der Waals surface area contributed by atoms with Crippen molar-refractivity contribution in [2.24, 2.45) is 0 Å². The smallest absolute Gasteiger partial charge is 0.247 e. The second-order valence-corrected chi connectivity index (χ2v) is 2.62. The van der Waals surface area contributed by atoms with E-state index in [1.54, 1.807) is 46.0 Å². The Hall–Kier alpha value is 2.22. The number of hydrogen-bond acceptors (Lipinski definition) is 1. The summed E-state index contributed by atoms with van der Waals surface area (Å²) in [5.41, 5.74) is 0. The molecule has 4 heteroatoms. The van der Waals surface area contributed by atoms with Gasteiger partial charge in [0.2, 0.25) is 0 Å². The molecule has 0 radical (unpaired) electrons. The maximum Gasteiger partial charge on any atom is 4.00 e. The van der Waals surface area contributed by atoms with Gasteiger partial charge in [0.05, 0.1) is 0 Å². The van der Waals surface area contributed by atoms with Crippen LogP contribution in [0.1, 0.15) is 0 Å². The van der Waals surface area contributed by atoms with Gasteiger partial charge in [-0.25, -0.2) is 1.40 Å². The van der Waals surface area contributed by atoms with E-state index in [0.29, 0.717) is 0 Å². The Bertz CT molecular complexity index is 6.00. The molecule has 0 bridgehead atoms. The fourth-order valence-electron chi connectivity index (χ4n) is 0. The van der Waals surface area contributed by atoms with E-state index in [1.165, 1.54) is 0 Å². The first kappa shape index (κ1) is 9.52. The van der Waals surface area contributed by atoms with Crippen LogP contribution < -0.4 is 0 Å². The molecule has 0 spiro atoms. The van der Waals surface area contributed by atoms with E-state index in [0.717, 1.165) is 0 Å². The van der Waals surface area contributed by atoms with Crippen LogP contribution in [0, 0.1) is 0 Å². The van der Waals surface area contributed by atoms with Crippen molar-refractivity contribution in [1.29, 1.82) is 0 Å². The minimum Gasteiger partial charge on any atom is -0.247 e. The van der Waals surface area contributed by atoms with Crippen LogP contribution in [0.15, 0.2) is 0 Å². The number of rotatable bonds is 0. The SMILES string of the molecule is IOI.[Sn+4]. The average molecular weight is 389 g/mol. The molecule has 0 heterocycles. The molecule has 0 amide bonds. The maximum absolute atomic E-state index is 4.19. The summed E-state index contributed by atoms with van der Waals surface area (Å²) in [4.78, 5) is 0. The zero-order valence-corrected chi connectivity index (χ0v) is 8.83. The first-order valence-corrected chi connectivity index (χ1v) is 2.07. The fraction of sp³-hybridized carbons (Fsp3) is 0. The Morgan fingerprint density at radius 2 is 1.25 bits per heavy atom. The predicted molar refractivity (Wildman–Crippen MR) is 34.9 cm³/mol. The van der Waals surface area contributed by atoms with Crippen molar-refractivity contribution in [3.63, 3.8) is 0 Å². The minimum absolute atomic E-state index is 0. The molecule has 4 heavy (non-hydrogen) atoms. The van der Waals surface area contributed by atoms with Gasteiger partial charge in [0, 0.05) is 0 Å². The Balaban J connectivity index is 0. The Morgan fingerprint density at radius 1 is 1.25 bits per heavy atom. The molecule has 0 saturated carbocycles. The number of halogens is 2. The molecule has 20 valence electrons. The molecule has 0 saturated heterocycles. The van der Waals surface area contributed by atoms with E-state index in [4.69, 9.17) is 0 Å². The molecule has 0 N–H and O–H groups in total. The second-order valence-electron chi connectivity index (χ2n) is 0.0583. The van der Waals surface area contributed by atoms with Gasteiger partial charge in [0.1, 0.15) is 46.0 Å². The van der Waals surface area contributed by atoms with Crippen LogP contribution in [0.2, 0.25) is 0 Å².